The lowest BCUT2D eigenvalue weighted by Gasteiger charge is -2.26. The second-order valence-corrected chi connectivity index (χ2v) is 7.48. The van der Waals surface area contributed by atoms with Crippen molar-refractivity contribution in [2.24, 2.45) is 0 Å². The smallest absolute Gasteiger partial charge is 0.304 e. The zero-order chi connectivity index (χ0) is 22.1. The second-order valence-electron chi connectivity index (χ2n) is 7.48. The quantitative estimate of drug-likeness (QED) is 0.460. The molecule has 1 aliphatic rings. The van der Waals surface area contributed by atoms with Crippen LogP contribution >= 0.6 is 0 Å². The van der Waals surface area contributed by atoms with Crippen LogP contribution in [0.25, 0.3) is 0 Å². The van der Waals surface area contributed by atoms with Crippen molar-refractivity contribution in [2.75, 3.05) is 13.1 Å². The maximum atomic E-state index is 11.1. The van der Waals surface area contributed by atoms with Crippen LogP contribution in [0.15, 0.2) is 48.5 Å². The molecule has 1 N–H and O–H groups in total. The number of hydrogen-bond donors (Lipinski definition) is 1. The summed E-state index contributed by atoms with van der Waals surface area (Å²) in [5.41, 5.74) is 2.76. The minimum absolute atomic E-state index is 0.0329. The van der Waals surface area contributed by atoms with Gasteiger partial charge in [0.1, 0.15) is 12.4 Å². The number of hydrogen-bond acceptors (Lipinski definition) is 5. The molecule has 0 aliphatic carbocycles. The van der Waals surface area contributed by atoms with E-state index in [0.717, 1.165) is 42.6 Å². The van der Waals surface area contributed by atoms with Crippen LogP contribution < -0.4 is 4.74 Å². The van der Waals surface area contributed by atoms with Crippen molar-refractivity contribution in [3.05, 3.63) is 65.2 Å². The normalized spacial score (nSPS) is 15.4. The molecule has 0 saturated carbocycles. The zero-order valence-corrected chi connectivity index (χ0v) is 17.6. The Balaban J connectivity index is 1.65. The highest BCUT2D eigenvalue weighted by atomic mass is 16.5. The lowest BCUT2D eigenvalue weighted by atomic mass is 9.96. The number of rotatable bonds is 10. The number of benzene rings is 2. The molecule has 1 aliphatic heterocycles. The molecular formula is C25H27NO5. The third-order valence-electron chi connectivity index (χ3n) is 5.28. The van der Waals surface area contributed by atoms with Gasteiger partial charge in [0.15, 0.2) is 6.23 Å². The van der Waals surface area contributed by atoms with Crippen LogP contribution in [0.2, 0.25) is 0 Å². The van der Waals surface area contributed by atoms with Gasteiger partial charge in [-0.2, -0.15) is 0 Å². The van der Waals surface area contributed by atoms with Crippen molar-refractivity contribution in [3.8, 4) is 17.6 Å². The molecule has 0 bridgehead atoms. The van der Waals surface area contributed by atoms with Gasteiger partial charge >= 0.3 is 5.97 Å². The van der Waals surface area contributed by atoms with Gasteiger partial charge in [-0.25, -0.2) is 0 Å². The highest BCUT2D eigenvalue weighted by Crippen LogP contribution is 2.27. The molecular weight excluding hydrogens is 394 g/mol. The molecule has 1 unspecified atom stereocenters. The van der Waals surface area contributed by atoms with Crippen molar-refractivity contribution < 1.29 is 24.2 Å². The first kappa shape index (κ1) is 22.4. The number of carboxylic acid groups (broad SMARTS) is 1. The van der Waals surface area contributed by atoms with Gasteiger partial charge < -0.3 is 14.6 Å². The van der Waals surface area contributed by atoms with E-state index in [2.05, 4.69) is 16.7 Å². The molecule has 6 nitrogen and oxygen atoms in total. The monoisotopic (exact) mass is 421 g/mol. The van der Waals surface area contributed by atoms with Crippen LogP contribution in [0.5, 0.6) is 5.75 Å². The van der Waals surface area contributed by atoms with Crippen molar-refractivity contribution in [2.45, 2.75) is 44.9 Å². The molecule has 0 aromatic heterocycles. The fraction of sp³-hybridized carbons (Fsp3) is 0.360. The molecule has 1 saturated heterocycles. The second kappa shape index (κ2) is 11.2. The van der Waals surface area contributed by atoms with Gasteiger partial charge in [0.2, 0.25) is 0 Å². The minimum atomic E-state index is -0.876. The van der Waals surface area contributed by atoms with E-state index in [9.17, 15) is 9.59 Å². The molecule has 2 aromatic rings. The number of aliphatic carboxylic acids is 1. The molecule has 0 amide bonds. The topological polar surface area (TPSA) is 76.1 Å². The Kier molecular flexibility index (Phi) is 8.08. The Hall–Kier alpha value is -3.30. The molecule has 162 valence electrons. The summed E-state index contributed by atoms with van der Waals surface area (Å²) in [6.45, 7) is 4.41. The van der Waals surface area contributed by atoms with Gasteiger partial charge in [-0.1, -0.05) is 36.3 Å². The van der Waals surface area contributed by atoms with Gasteiger partial charge in [-0.3, -0.25) is 14.5 Å². The highest BCUT2D eigenvalue weighted by Gasteiger charge is 2.24. The molecule has 31 heavy (non-hydrogen) atoms. The van der Waals surface area contributed by atoms with Crippen LogP contribution in [0, 0.1) is 11.8 Å². The van der Waals surface area contributed by atoms with Crippen LogP contribution in [0.4, 0.5) is 0 Å². The summed E-state index contributed by atoms with van der Waals surface area (Å²) in [4.78, 5) is 24.2. The lowest BCUT2D eigenvalue weighted by Crippen LogP contribution is -2.27. The summed E-state index contributed by atoms with van der Waals surface area (Å²) in [5.74, 6) is 5.21. The van der Waals surface area contributed by atoms with Crippen molar-refractivity contribution in [3.63, 3.8) is 0 Å². The number of nitrogens with zero attached hydrogens (tertiary/aromatic N) is 1. The summed E-state index contributed by atoms with van der Waals surface area (Å²) in [6.07, 6.45) is 1.81. The van der Waals surface area contributed by atoms with Crippen molar-refractivity contribution in [1.82, 2.24) is 4.90 Å². The fourth-order valence-corrected chi connectivity index (χ4v) is 3.80. The predicted octanol–water partition coefficient (Wildman–Crippen LogP) is 4.11. The first-order valence-electron chi connectivity index (χ1n) is 10.4. The standard InChI is InChI=1S/C25H27NO5/c1-2-6-21(16-24(28)29)20-9-11-23(12-10-20)30-17-19-7-5-8-22(15-19)25(31-18-27)26-13-3-4-14-26/h5,7-12,15,18,21,25H,3-4,13-14,16-17H2,1H3,(H,28,29)/t21-,25?/m0/s1. The van der Waals surface area contributed by atoms with E-state index in [0.29, 0.717) is 18.8 Å². The molecule has 6 heteroatoms. The number of ether oxygens (including phenoxy) is 2. The third-order valence-corrected chi connectivity index (χ3v) is 5.28. The van der Waals surface area contributed by atoms with Crippen LogP contribution in [0.1, 0.15) is 55.0 Å². The Labute approximate surface area is 182 Å². The molecule has 0 spiro atoms. The maximum Gasteiger partial charge on any atom is 0.304 e. The van der Waals surface area contributed by atoms with E-state index in [4.69, 9.17) is 14.6 Å². The summed E-state index contributed by atoms with van der Waals surface area (Å²) in [5, 5.41) is 9.08. The van der Waals surface area contributed by atoms with Crippen LogP contribution in [-0.2, 0) is 20.9 Å². The van der Waals surface area contributed by atoms with Crippen molar-refractivity contribution >= 4 is 12.4 Å². The minimum Gasteiger partial charge on any atom is -0.489 e. The van der Waals surface area contributed by atoms with Crippen LogP contribution in [-0.4, -0.2) is 35.5 Å². The number of likely N-dealkylation sites (tertiary alicyclic amines) is 1. The van der Waals surface area contributed by atoms with E-state index in [1.165, 1.54) is 0 Å². The largest absolute Gasteiger partial charge is 0.489 e. The Morgan fingerprint density at radius 3 is 2.55 bits per heavy atom. The summed E-state index contributed by atoms with van der Waals surface area (Å²) >= 11 is 0. The SMILES string of the molecule is CC#C[C@@H](CC(=O)O)c1ccc(OCc2cccc(C(OC=O)N3CCCC3)c2)cc1. The van der Waals surface area contributed by atoms with E-state index in [1.807, 2.05) is 48.5 Å². The van der Waals surface area contributed by atoms with Gasteiger partial charge in [-0.05, 0) is 49.1 Å². The number of carbonyl (C=O) groups excluding carboxylic acids is 1. The first-order valence-corrected chi connectivity index (χ1v) is 10.4. The summed E-state index contributed by atoms with van der Waals surface area (Å²) < 4.78 is 11.3. The zero-order valence-electron chi connectivity index (χ0n) is 17.6. The molecule has 2 aromatic carbocycles. The lowest BCUT2D eigenvalue weighted by molar-refractivity contribution is -0.143. The van der Waals surface area contributed by atoms with E-state index in [-0.39, 0.29) is 18.6 Å². The average Bonchev–Trinajstić information content (AvgIpc) is 3.30. The van der Waals surface area contributed by atoms with E-state index >= 15 is 0 Å². The number of carboxylic acids is 1. The average molecular weight is 421 g/mol. The van der Waals surface area contributed by atoms with Crippen molar-refractivity contribution in [1.29, 1.82) is 0 Å². The van der Waals surface area contributed by atoms with E-state index in [1.54, 1.807) is 6.92 Å². The Morgan fingerprint density at radius 1 is 1.16 bits per heavy atom. The highest BCUT2D eigenvalue weighted by molar-refractivity contribution is 5.69. The molecule has 3 rings (SSSR count). The van der Waals surface area contributed by atoms with Gasteiger partial charge in [0.25, 0.3) is 6.47 Å². The molecule has 2 atom stereocenters. The maximum absolute atomic E-state index is 11.1. The molecule has 1 fully saturated rings. The molecule has 1 heterocycles. The summed E-state index contributed by atoms with van der Waals surface area (Å²) in [6, 6.07) is 15.2. The van der Waals surface area contributed by atoms with Gasteiger partial charge in [-0.15, -0.1) is 5.92 Å². The predicted molar refractivity (Wildman–Crippen MR) is 116 cm³/mol. The Morgan fingerprint density at radius 2 is 1.90 bits per heavy atom. The Bertz CT molecular complexity index is 938. The summed E-state index contributed by atoms with van der Waals surface area (Å²) in [7, 11) is 0. The fourth-order valence-electron chi connectivity index (χ4n) is 3.80. The molecule has 0 radical (unpaired) electrons. The number of carbonyl (C=O) groups is 2. The third kappa shape index (κ3) is 6.34. The van der Waals surface area contributed by atoms with Gasteiger partial charge in [0.05, 0.1) is 12.3 Å². The van der Waals surface area contributed by atoms with Crippen LogP contribution in [0.3, 0.4) is 0 Å². The van der Waals surface area contributed by atoms with E-state index < -0.39 is 5.97 Å². The van der Waals surface area contributed by atoms with Gasteiger partial charge in [0, 0.05) is 18.7 Å². The first-order chi connectivity index (χ1) is 15.1.